The Kier molecular flexibility index (Phi) is 3.03. The minimum absolute atomic E-state index is 0.0000926. The van der Waals surface area contributed by atoms with E-state index in [1.54, 1.807) is 6.92 Å². The Bertz CT molecular complexity index is 350. The van der Waals surface area contributed by atoms with Crippen LogP contribution in [-0.2, 0) is 6.42 Å². The summed E-state index contributed by atoms with van der Waals surface area (Å²) in [5.41, 5.74) is 6.00. The van der Waals surface area contributed by atoms with Crippen LogP contribution in [0.5, 0.6) is 5.75 Å². The monoisotopic (exact) mass is 196 g/mol. The molecule has 0 bridgehead atoms. The molecule has 1 aromatic carbocycles. The first kappa shape index (κ1) is 10.5. The molecule has 0 saturated carbocycles. The highest BCUT2D eigenvalue weighted by molar-refractivity contribution is 5.45. The SMILES string of the molecule is CC(N)Cc1cc(O)ccc1[N+](=O)[O-]. The first-order valence-electron chi connectivity index (χ1n) is 4.22. The fourth-order valence-electron chi connectivity index (χ4n) is 1.26. The highest BCUT2D eigenvalue weighted by Crippen LogP contribution is 2.24. The smallest absolute Gasteiger partial charge is 0.272 e. The van der Waals surface area contributed by atoms with Crippen molar-refractivity contribution in [3.8, 4) is 5.75 Å². The van der Waals surface area contributed by atoms with Crippen molar-refractivity contribution in [3.05, 3.63) is 33.9 Å². The highest BCUT2D eigenvalue weighted by atomic mass is 16.6. The minimum atomic E-state index is -0.475. The van der Waals surface area contributed by atoms with Crippen LogP contribution in [0, 0.1) is 10.1 Å². The van der Waals surface area contributed by atoms with Gasteiger partial charge in [0.05, 0.1) is 4.92 Å². The average molecular weight is 196 g/mol. The van der Waals surface area contributed by atoms with Gasteiger partial charge in [-0.15, -0.1) is 0 Å². The van der Waals surface area contributed by atoms with Gasteiger partial charge in [0.25, 0.3) is 5.69 Å². The van der Waals surface area contributed by atoms with E-state index in [0.29, 0.717) is 12.0 Å². The summed E-state index contributed by atoms with van der Waals surface area (Å²) in [5, 5.41) is 19.8. The van der Waals surface area contributed by atoms with Crippen LogP contribution in [0.25, 0.3) is 0 Å². The number of rotatable bonds is 3. The van der Waals surface area contributed by atoms with E-state index in [1.165, 1.54) is 18.2 Å². The van der Waals surface area contributed by atoms with Gasteiger partial charge in [0.15, 0.2) is 0 Å². The number of benzene rings is 1. The number of nitrogens with zero attached hydrogens (tertiary/aromatic N) is 1. The zero-order chi connectivity index (χ0) is 10.7. The summed E-state index contributed by atoms with van der Waals surface area (Å²) in [7, 11) is 0. The molecule has 3 N–H and O–H groups in total. The van der Waals surface area contributed by atoms with Gasteiger partial charge in [-0.25, -0.2) is 0 Å². The summed E-state index contributed by atoms with van der Waals surface area (Å²) in [6, 6.07) is 3.78. The summed E-state index contributed by atoms with van der Waals surface area (Å²) in [4.78, 5) is 10.1. The predicted molar refractivity (Wildman–Crippen MR) is 52.1 cm³/mol. The van der Waals surface area contributed by atoms with E-state index in [1.807, 2.05) is 0 Å². The number of phenolic OH excluding ortho intramolecular Hbond substituents is 1. The lowest BCUT2D eigenvalue weighted by atomic mass is 10.1. The maximum absolute atomic E-state index is 10.6. The topological polar surface area (TPSA) is 89.4 Å². The van der Waals surface area contributed by atoms with Crippen molar-refractivity contribution >= 4 is 5.69 Å². The number of hydrogen-bond acceptors (Lipinski definition) is 4. The lowest BCUT2D eigenvalue weighted by Crippen LogP contribution is -2.18. The number of nitrogens with two attached hydrogens (primary N) is 1. The molecule has 0 aliphatic rings. The number of aromatic hydroxyl groups is 1. The van der Waals surface area contributed by atoms with Gasteiger partial charge >= 0.3 is 0 Å². The molecule has 0 heterocycles. The summed E-state index contributed by atoms with van der Waals surface area (Å²) >= 11 is 0. The van der Waals surface area contributed by atoms with Gasteiger partial charge in [-0.3, -0.25) is 10.1 Å². The third-order valence-electron chi connectivity index (χ3n) is 1.80. The Morgan fingerprint density at radius 3 is 2.79 bits per heavy atom. The number of nitro benzene ring substituents is 1. The molecule has 76 valence electrons. The molecule has 0 aliphatic heterocycles. The molecule has 1 unspecified atom stereocenters. The first-order chi connectivity index (χ1) is 6.50. The first-order valence-corrected chi connectivity index (χ1v) is 4.22. The van der Waals surface area contributed by atoms with Crippen LogP contribution in [-0.4, -0.2) is 16.1 Å². The van der Waals surface area contributed by atoms with Crippen LogP contribution >= 0.6 is 0 Å². The summed E-state index contributed by atoms with van der Waals surface area (Å²) in [6.07, 6.45) is 0.380. The standard InChI is InChI=1S/C9H12N2O3/c1-6(10)4-7-5-8(12)2-3-9(7)11(13)14/h2-3,5-6,12H,4,10H2,1H3. The van der Waals surface area contributed by atoms with E-state index in [9.17, 15) is 10.1 Å². The van der Waals surface area contributed by atoms with E-state index < -0.39 is 4.92 Å². The van der Waals surface area contributed by atoms with Crippen molar-refractivity contribution < 1.29 is 10.0 Å². The van der Waals surface area contributed by atoms with Gasteiger partial charge in [-0.2, -0.15) is 0 Å². The number of hydrogen-bond donors (Lipinski definition) is 2. The van der Waals surface area contributed by atoms with E-state index in [4.69, 9.17) is 10.8 Å². The van der Waals surface area contributed by atoms with Gasteiger partial charge in [-0.05, 0) is 25.5 Å². The van der Waals surface area contributed by atoms with Crippen LogP contribution in [0.4, 0.5) is 5.69 Å². The van der Waals surface area contributed by atoms with E-state index in [2.05, 4.69) is 0 Å². The zero-order valence-corrected chi connectivity index (χ0v) is 7.80. The van der Waals surface area contributed by atoms with E-state index >= 15 is 0 Å². The van der Waals surface area contributed by atoms with Crippen molar-refractivity contribution in [2.24, 2.45) is 5.73 Å². The Hall–Kier alpha value is -1.62. The second-order valence-electron chi connectivity index (χ2n) is 3.25. The number of phenols is 1. The van der Waals surface area contributed by atoms with Gasteiger partial charge < -0.3 is 10.8 Å². The zero-order valence-electron chi connectivity index (χ0n) is 7.80. The second kappa shape index (κ2) is 4.06. The van der Waals surface area contributed by atoms with Crippen molar-refractivity contribution in [2.75, 3.05) is 0 Å². The molecule has 1 rings (SSSR count). The Balaban J connectivity index is 3.09. The van der Waals surface area contributed by atoms with Crippen molar-refractivity contribution in [1.29, 1.82) is 0 Å². The average Bonchev–Trinajstić information content (AvgIpc) is 2.01. The van der Waals surface area contributed by atoms with Gasteiger partial charge in [0.1, 0.15) is 5.75 Å². The lowest BCUT2D eigenvalue weighted by molar-refractivity contribution is -0.385. The van der Waals surface area contributed by atoms with Crippen molar-refractivity contribution in [2.45, 2.75) is 19.4 Å². The van der Waals surface area contributed by atoms with Crippen LogP contribution in [0.15, 0.2) is 18.2 Å². The van der Waals surface area contributed by atoms with Crippen LogP contribution in [0.1, 0.15) is 12.5 Å². The molecule has 0 spiro atoms. The van der Waals surface area contributed by atoms with E-state index in [0.717, 1.165) is 0 Å². The summed E-state index contributed by atoms with van der Waals surface area (Å²) in [6.45, 7) is 1.76. The summed E-state index contributed by atoms with van der Waals surface area (Å²) < 4.78 is 0. The second-order valence-corrected chi connectivity index (χ2v) is 3.25. The molecule has 14 heavy (non-hydrogen) atoms. The van der Waals surface area contributed by atoms with Crippen molar-refractivity contribution in [1.82, 2.24) is 0 Å². The van der Waals surface area contributed by atoms with E-state index in [-0.39, 0.29) is 17.5 Å². The van der Waals surface area contributed by atoms with Gasteiger partial charge in [-0.1, -0.05) is 0 Å². The van der Waals surface area contributed by atoms with Crippen molar-refractivity contribution in [3.63, 3.8) is 0 Å². The molecule has 5 heteroatoms. The maximum Gasteiger partial charge on any atom is 0.272 e. The fourth-order valence-corrected chi connectivity index (χ4v) is 1.26. The van der Waals surface area contributed by atoms with Crippen LogP contribution < -0.4 is 5.73 Å². The van der Waals surface area contributed by atoms with Crippen LogP contribution in [0.3, 0.4) is 0 Å². The van der Waals surface area contributed by atoms with Crippen LogP contribution in [0.2, 0.25) is 0 Å². The summed E-state index contributed by atoms with van der Waals surface area (Å²) in [5.74, 6) is 0.0197. The maximum atomic E-state index is 10.6. The third kappa shape index (κ3) is 2.43. The molecule has 1 aromatic rings. The molecule has 1 atom stereocenters. The molecule has 0 aliphatic carbocycles. The predicted octanol–water partition coefficient (Wildman–Crippen LogP) is 1.19. The molecule has 0 amide bonds. The normalized spacial score (nSPS) is 12.4. The molecule has 0 aromatic heterocycles. The van der Waals surface area contributed by atoms with Gasteiger partial charge in [0, 0.05) is 17.7 Å². The minimum Gasteiger partial charge on any atom is -0.508 e. The third-order valence-corrected chi connectivity index (χ3v) is 1.80. The Labute approximate surface area is 81.3 Å². The lowest BCUT2D eigenvalue weighted by Gasteiger charge is -2.06. The largest absolute Gasteiger partial charge is 0.508 e. The van der Waals surface area contributed by atoms with Gasteiger partial charge in [0.2, 0.25) is 0 Å². The molecule has 0 fully saturated rings. The molecule has 0 radical (unpaired) electrons. The number of nitro groups is 1. The quantitative estimate of drug-likeness (QED) is 0.561. The molecule has 0 saturated heterocycles. The fraction of sp³-hybridized carbons (Fsp3) is 0.333. The molecular weight excluding hydrogens is 184 g/mol. The Morgan fingerprint density at radius 2 is 2.29 bits per heavy atom. The molecular formula is C9H12N2O3. The Morgan fingerprint density at radius 1 is 1.64 bits per heavy atom. The molecule has 5 nitrogen and oxygen atoms in total. The highest BCUT2D eigenvalue weighted by Gasteiger charge is 2.14.